The Kier molecular flexibility index (Phi) is 3.89. The number of rotatable bonds is 1. The molecule has 0 saturated heterocycles. The summed E-state index contributed by atoms with van der Waals surface area (Å²) in [5.41, 5.74) is 7.41. The third kappa shape index (κ3) is 2.61. The van der Waals surface area contributed by atoms with Gasteiger partial charge in [-0.25, -0.2) is 0 Å². The van der Waals surface area contributed by atoms with Crippen LogP contribution in [0.25, 0.3) is 11.3 Å². The highest BCUT2D eigenvalue weighted by Gasteiger charge is 2.49. The van der Waals surface area contributed by atoms with E-state index in [0.29, 0.717) is 0 Å². The van der Waals surface area contributed by atoms with E-state index in [1.54, 1.807) is 0 Å². The largest absolute Gasteiger partial charge is 0.457 e. The van der Waals surface area contributed by atoms with Crippen LogP contribution in [0.3, 0.4) is 0 Å². The van der Waals surface area contributed by atoms with E-state index in [4.69, 9.17) is 4.74 Å². The van der Waals surface area contributed by atoms with Crippen LogP contribution < -0.4 is 4.74 Å². The van der Waals surface area contributed by atoms with Crippen molar-refractivity contribution in [3.8, 4) is 22.8 Å². The molecule has 2 heteroatoms. The zero-order valence-electron chi connectivity index (χ0n) is 17.9. The zero-order valence-corrected chi connectivity index (χ0v) is 17.9. The SMILES string of the molecule is CC1(C)CCC2(c3ccccc3Oc3ccccc32)c2cc(-c3ccccn3)ccc21. The molecule has 1 aromatic heterocycles. The summed E-state index contributed by atoms with van der Waals surface area (Å²) < 4.78 is 6.37. The molecule has 0 atom stereocenters. The van der Waals surface area contributed by atoms with E-state index in [-0.39, 0.29) is 10.8 Å². The number of nitrogens with zero attached hydrogens (tertiary/aromatic N) is 1. The van der Waals surface area contributed by atoms with E-state index in [9.17, 15) is 0 Å². The third-order valence-electron chi connectivity index (χ3n) is 7.21. The van der Waals surface area contributed by atoms with Crippen molar-refractivity contribution in [3.05, 3.63) is 113 Å². The second-order valence-corrected chi connectivity index (χ2v) is 9.36. The Bertz CT molecular complexity index is 1240. The summed E-state index contributed by atoms with van der Waals surface area (Å²) in [5.74, 6) is 1.94. The van der Waals surface area contributed by atoms with Gasteiger partial charge in [0.1, 0.15) is 11.5 Å². The molecule has 3 aromatic carbocycles. The van der Waals surface area contributed by atoms with Gasteiger partial charge in [-0.1, -0.05) is 68.4 Å². The van der Waals surface area contributed by atoms with Gasteiger partial charge in [0.05, 0.1) is 11.1 Å². The minimum absolute atomic E-state index is 0.116. The zero-order chi connectivity index (χ0) is 21.1. The van der Waals surface area contributed by atoms with Gasteiger partial charge in [0.2, 0.25) is 0 Å². The second-order valence-electron chi connectivity index (χ2n) is 9.36. The standard InChI is InChI=1S/C29H25NO/c1-28(2)16-17-29(24-19-20(14-15-21(24)28)25-11-7-8-18-30-25)22-9-3-5-12-26(22)31-27-13-6-4-10-23(27)29/h3-15,18-19H,16-17H2,1-2H3. The fourth-order valence-corrected chi connectivity index (χ4v) is 5.59. The van der Waals surface area contributed by atoms with Gasteiger partial charge >= 0.3 is 0 Å². The Hall–Kier alpha value is -3.39. The predicted octanol–water partition coefficient (Wildman–Crippen LogP) is 7.26. The van der Waals surface area contributed by atoms with Gasteiger partial charge in [-0.2, -0.15) is 0 Å². The Morgan fingerprint density at radius 2 is 1.35 bits per heavy atom. The number of hydrogen-bond donors (Lipinski definition) is 0. The van der Waals surface area contributed by atoms with Crippen LogP contribution >= 0.6 is 0 Å². The molecule has 1 spiro atoms. The summed E-state index contributed by atoms with van der Waals surface area (Å²) in [5, 5.41) is 0. The summed E-state index contributed by atoms with van der Waals surface area (Å²) in [4.78, 5) is 4.63. The first-order valence-electron chi connectivity index (χ1n) is 11.0. The summed E-state index contributed by atoms with van der Waals surface area (Å²) in [7, 11) is 0. The summed E-state index contributed by atoms with van der Waals surface area (Å²) in [6, 6.07) is 30.2. The maximum atomic E-state index is 6.37. The van der Waals surface area contributed by atoms with E-state index in [1.807, 2.05) is 12.3 Å². The van der Waals surface area contributed by atoms with E-state index in [2.05, 4.69) is 97.7 Å². The molecule has 152 valence electrons. The second kappa shape index (κ2) is 6.55. The smallest absolute Gasteiger partial charge is 0.131 e. The van der Waals surface area contributed by atoms with E-state index in [0.717, 1.165) is 35.6 Å². The molecule has 0 N–H and O–H groups in total. The minimum Gasteiger partial charge on any atom is -0.457 e. The number of aromatic nitrogens is 1. The number of fused-ring (bicyclic) bond motifs is 6. The highest BCUT2D eigenvalue weighted by molar-refractivity contribution is 5.70. The van der Waals surface area contributed by atoms with Crippen molar-refractivity contribution in [3.63, 3.8) is 0 Å². The minimum atomic E-state index is -0.221. The molecule has 0 fully saturated rings. The lowest BCUT2D eigenvalue weighted by molar-refractivity contribution is 0.335. The van der Waals surface area contributed by atoms with Crippen molar-refractivity contribution in [2.45, 2.75) is 37.5 Å². The van der Waals surface area contributed by atoms with E-state index < -0.39 is 0 Å². The lowest BCUT2D eigenvalue weighted by Gasteiger charge is -2.48. The lowest BCUT2D eigenvalue weighted by atomic mass is 9.56. The highest BCUT2D eigenvalue weighted by Crippen LogP contribution is 2.59. The Labute approximate surface area is 183 Å². The molecule has 2 nitrogen and oxygen atoms in total. The molecule has 0 amide bonds. The number of hydrogen-bond acceptors (Lipinski definition) is 2. The van der Waals surface area contributed by atoms with Gasteiger partial charge in [-0.15, -0.1) is 0 Å². The topological polar surface area (TPSA) is 22.1 Å². The van der Waals surface area contributed by atoms with Gasteiger partial charge < -0.3 is 4.74 Å². The Balaban J connectivity index is 1.71. The quantitative estimate of drug-likeness (QED) is 0.334. The van der Waals surface area contributed by atoms with Crippen LogP contribution in [-0.2, 0) is 10.8 Å². The van der Waals surface area contributed by atoms with Gasteiger partial charge in [-0.05, 0) is 59.7 Å². The molecule has 0 unspecified atom stereocenters. The average Bonchev–Trinajstić information content (AvgIpc) is 2.81. The van der Waals surface area contributed by atoms with Gasteiger partial charge in [0, 0.05) is 22.9 Å². The molecule has 4 aromatic rings. The molecule has 0 bridgehead atoms. The van der Waals surface area contributed by atoms with E-state index >= 15 is 0 Å². The van der Waals surface area contributed by atoms with Crippen molar-refractivity contribution in [1.29, 1.82) is 0 Å². The van der Waals surface area contributed by atoms with Crippen LogP contribution in [-0.4, -0.2) is 4.98 Å². The summed E-state index contributed by atoms with van der Waals surface area (Å²) >= 11 is 0. The molecular formula is C29H25NO. The van der Waals surface area contributed by atoms with Crippen molar-refractivity contribution >= 4 is 0 Å². The fourth-order valence-electron chi connectivity index (χ4n) is 5.59. The fraction of sp³-hybridized carbons (Fsp3) is 0.207. The van der Waals surface area contributed by atoms with Gasteiger partial charge in [-0.3, -0.25) is 4.98 Å². The molecule has 2 heterocycles. The normalized spacial score (nSPS) is 17.2. The van der Waals surface area contributed by atoms with Crippen molar-refractivity contribution in [2.75, 3.05) is 0 Å². The maximum Gasteiger partial charge on any atom is 0.131 e. The third-order valence-corrected chi connectivity index (χ3v) is 7.21. The van der Waals surface area contributed by atoms with Crippen LogP contribution in [0.5, 0.6) is 11.5 Å². The molecule has 0 radical (unpaired) electrons. The first-order chi connectivity index (χ1) is 15.1. The number of benzene rings is 3. The summed E-state index contributed by atoms with van der Waals surface area (Å²) in [6.07, 6.45) is 4.04. The van der Waals surface area contributed by atoms with Crippen LogP contribution in [0, 0.1) is 0 Å². The average molecular weight is 404 g/mol. The summed E-state index contributed by atoms with van der Waals surface area (Å²) in [6.45, 7) is 4.74. The van der Waals surface area contributed by atoms with Crippen molar-refractivity contribution in [2.24, 2.45) is 0 Å². The molecule has 1 aliphatic carbocycles. The monoisotopic (exact) mass is 403 g/mol. The molecular weight excluding hydrogens is 378 g/mol. The van der Waals surface area contributed by atoms with Gasteiger partial charge in [0.25, 0.3) is 0 Å². The predicted molar refractivity (Wildman–Crippen MR) is 125 cm³/mol. The van der Waals surface area contributed by atoms with Crippen LogP contribution in [0.1, 0.15) is 48.9 Å². The molecule has 2 aliphatic rings. The maximum absolute atomic E-state index is 6.37. The first kappa shape index (κ1) is 18.4. The Morgan fingerprint density at radius 1 is 0.677 bits per heavy atom. The van der Waals surface area contributed by atoms with E-state index in [1.165, 1.54) is 22.3 Å². The van der Waals surface area contributed by atoms with Gasteiger partial charge in [0.15, 0.2) is 0 Å². The number of para-hydroxylation sites is 2. The van der Waals surface area contributed by atoms with Crippen molar-refractivity contribution in [1.82, 2.24) is 4.98 Å². The molecule has 1 aliphatic heterocycles. The molecule has 6 rings (SSSR count). The van der Waals surface area contributed by atoms with Crippen LogP contribution in [0.15, 0.2) is 91.1 Å². The number of pyridine rings is 1. The lowest BCUT2D eigenvalue weighted by Crippen LogP contribution is -2.41. The first-order valence-corrected chi connectivity index (χ1v) is 11.0. The highest BCUT2D eigenvalue weighted by atomic mass is 16.5. The number of ether oxygens (including phenoxy) is 1. The van der Waals surface area contributed by atoms with Crippen LogP contribution in [0.4, 0.5) is 0 Å². The molecule has 0 saturated carbocycles. The Morgan fingerprint density at radius 3 is 2.03 bits per heavy atom. The molecule has 31 heavy (non-hydrogen) atoms. The van der Waals surface area contributed by atoms with Crippen LogP contribution in [0.2, 0.25) is 0 Å². The van der Waals surface area contributed by atoms with Crippen molar-refractivity contribution < 1.29 is 4.74 Å².